The van der Waals surface area contributed by atoms with Crippen molar-refractivity contribution in [1.82, 2.24) is 14.8 Å². The van der Waals surface area contributed by atoms with E-state index in [1.54, 1.807) is 17.9 Å². The molecule has 1 atom stereocenters. The Labute approximate surface area is 183 Å². The number of rotatable bonds is 3. The lowest BCUT2D eigenvalue weighted by Gasteiger charge is -2.32. The topological polar surface area (TPSA) is 69.0 Å². The first kappa shape index (κ1) is 19.2. The quantitative estimate of drug-likeness (QED) is 0.599. The van der Waals surface area contributed by atoms with Gasteiger partial charge in [0.05, 0.1) is 17.2 Å². The molecule has 2 heterocycles. The lowest BCUT2D eigenvalue weighted by molar-refractivity contribution is -0.116. The number of hydrogen-bond acceptors (Lipinski definition) is 5. The summed E-state index contributed by atoms with van der Waals surface area (Å²) in [4.78, 5) is 17.6. The highest BCUT2D eigenvalue weighted by Crippen LogP contribution is 2.43. The molecule has 3 aromatic rings. The SMILES string of the molecule is COc1cccc(-c2nc3n(n2)C(c2cccc(Cl)c2Cl)C2=C(CCCC2=O)N3)c1. The monoisotopic (exact) mass is 440 g/mol. The van der Waals surface area contributed by atoms with Crippen LogP contribution < -0.4 is 10.1 Å². The summed E-state index contributed by atoms with van der Waals surface area (Å²) in [5.41, 5.74) is 3.11. The van der Waals surface area contributed by atoms with Gasteiger partial charge in [-0.15, -0.1) is 5.10 Å². The zero-order chi connectivity index (χ0) is 20.8. The average Bonchev–Trinajstić information content (AvgIpc) is 3.18. The number of nitrogens with one attached hydrogen (secondary N) is 1. The molecular weight excluding hydrogens is 423 g/mol. The van der Waals surface area contributed by atoms with Gasteiger partial charge in [0, 0.05) is 28.8 Å². The largest absolute Gasteiger partial charge is 0.497 e. The molecule has 0 bridgehead atoms. The lowest BCUT2D eigenvalue weighted by atomic mass is 9.85. The fourth-order valence-electron chi connectivity index (χ4n) is 4.06. The van der Waals surface area contributed by atoms with Crippen molar-refractivity contribution in [2.75, 3.05) is 12.4 Å². The number of hydrogen-bond donors (Lipinski definition) is 1. The zero-order valence-corrected chi connectivity index (χ0v) is 17.7. The minimum Gasteiger partial charge on any atom is -0.497 e. The fraction of sp³-hybridized carbons (Fsp3) is 0.227. The molecule has 1 aromatic heterocycles. The van der Waals surface area contributed by atoms with Gasteiger partial charge in [0.2, 0.25) is 5.95 Å². The number of fused-ring (bicyclic) bond motifs is 1. The second kappa shape index (κ2) is 7.45. The van der Waals surface area contributed by atoms with E-state index in [1.165, 1.54) is 0 Å². The van der Waals surface area contributed by atoms with Gasteiger partial charge in [0.15, 0.2) is 11.6 Å². The third-order valence-corrected chi connectivity index (χ3v) is 6.31. The Morgan fingerprint density at radius 3 is 2.83 bits per heavy atom. The highest BCUT2D eigenvalue weighted by Gasteiger charge is 2.38. The number of Topliss-reactive ketones (excluding diaryl/α,β-unsaturated/α-hetero) is 1. The second-order valence-electron chi connectivity index (χ2n) is 7.28. The standard InChI is InChI=1S/C22H18Cl2N4O2/c1-30-13-6-2-5-12(11-13)21-26-22-25-16-9-4-10-17(29)18(16)20(28(22)27-21)14-7-3-8-15(23)19(14)24/h2-3,5-8,11,20H,4,9-10H2,1H3,(H,25,26,27). The molecule has 1 N–H and O–H groups in total. The third-order valence-electron chi connectivity index (χ3n) is 5.47. The summed E-state index contributed by atoms with van der Waals surface area (Å²) in [6.45, 7) is 0. The molecule has 0 saturated carbocycles. The van der Waals surface area contributed by atoms with E-state index in [2.05, 4.69) is 5.32 Å². The van der Waals surface area contributed by atoms with Crippen LogP contribution >= 0.6 is 23.2 Å². The second-order valence-corrected chi connectivity index (χ2v) is 8.06. The Morgan fingerprint density at radius 2 is 2.00 bits per heavy atom. The molecular formula is C22H18Cl2N4O2. The fourth-order valence-corrected chi connectivity index (χ4v) is 4.47. The third kappa shape index (κ3) is 3.07. The number of methoxy groups -OCH3 is 1. The average molecular weight is 441 g/mol. The number of carbonyl (C=O) groups excluding carboxylic acids is 1. The van der Waals surface area contributed by atoms with E-state index in [9.17, 15) is 4.79 Å². The zero-order valence-electron chi connectivity index (χ0n) is 16.2. The molecule has 2 aromatic carbocycles. The van der Waals surface area contributed by atoms with Crippen LogP contribution in [-0.4, -0.2) is 27.7 Å². The summed E-state index contributed by atoms with van der Waals surface area (Å²) in [6.07, 6.45) is 2.08. The molecule has 0 saturated heterocycles. The highest BCUT2D eigenvalue weighted by atomic mass is 35.5. The van der Waals surface area contributed by atoms with E-state index in [0.29, 0.717) is 33.8 Å². The molecule has 2 aliphatic rings. The van der Waals surface area contributed by atoms with Gasteiger partial charge < -0.3 is 10.1 Å². The Morgan fingerprint density at radius 1 is 1.17 bits per heavy atom. The van der Waals surface area contributed by atoms with E-state index in [4.69, 9.17) is 38.0 Å². The van der Waals surface area contributed by atoms with Crippen LogP contribution in [0.3, 0.4) is 0 Å². The molecule has 5 rings (SSSR count). The molecule has 0 spiro atoms. The normalized spacial score (nSPS) is 18.0. The van der Waals surface area contributed by atoms with Crippen LogP contribution in [0.2, 0.25) is 10.0 Å². The number of benzene rings is 2. The lowest BCUT2D eigenvalue weighted by Crippen LogP contribution is -2.31. The number of ether oxygens (including phenoxy) is 1. The first-order chi connectivity index (χ1) is 14.6. The van der Waals surface area contributed by atoms with Crippen LogP contribution in [0, 0.1) is 0 Å². The highest BCUT2D eigenvalue weighted by molar-refractivity contribution is 6.42. The van der Waals surface area contributed by atoms with Crippen LogP contribution in [-0.2, 0) is 4.79 Å². The maximum Gasteiger partial charge on any atom is 0.226 e. The number of carbonyl (C=O) groups is 1. The predicted octanol–water partition coefficient (Wildman–Crippen LogP) is 5.28. The summed E-state index contributed by atoms with van der Waals surface area (Å²) < 4.78 is 7.06. The Balaban J connectivity index is 1.70. The van der Waals surface area contributed by atoms with Gasteiger partial charge in [0.25, 0.3) is 0 Å². The van der Waals surface area contributed by atoms with Crippen LogP contribution in [0.4, 0.5) is 5.95 Å². The summed E-state index contributed by atoms with van der Waals surface area (Å²) in [7, 11) is 1.62. The van der Waals surface area contributed by atoms with Crippen LogP contribution in [0.25, 0.3) is 11.4 Å². The maximum absolute atomic E-state index is 12.9. The summed E-state index contributed by atoms with van der Waals surface area (Å²) >= 11 is 12.9. The number of aromatic nitrogens is 3. The van der Waals surface area contributed by atoms with Gasteiger partial charge in [-0.05, 0) is 31.0 Å². The van der Waals surface area contributed by atoms with Crippen LogP contribution in [0.15, 0.2) is 53.7 Å². The molecule has 152 valence electrons. The van der Waals surface area contributed by atoms with Crippen molar-refractivity contribution in [3.63, 3.8) is 0 Å². The van der Waals surface area contributed by atoms with E-state index in [-0.39, 0.29) is 5.78 Å². The Hall–Kier alpha value is -2.83. The van der Waals surface area contributed by atoms with Crippen molar-refractivity contribution in [3.05, 3.63) is 69.3 Å². The smallest absolute Gasteiger partial charge is 0.226 e. The number of nitrogens with zero attached hydrogens (tertiary/aromatic N) is 3. The van der Waals surface area contributed by atoms with Gasteiger partial charge in [-0.1, -0.05) is 47.5 Å². The maximum atomic E-state index is 12.9. The van der Waals surface area contributed by atoms with Crippen molar-refractivity contribution >= 4 is 34.9 Å². The Kier molecular flexibility index (Phi) is 4.76. The van der Waals surface area contributed by atoms with Crippen molar-refractivity contribution in [3.8, 4) is 17.1 Å². The number of allylic oxidation sites excluding steroid dienone is 2. The summed E-state index contributed by atoms with van der Waals surface area (Å²) in [6, 6.07) is 12.5. The van der Waals surface area contributed by atoms with E-state index < -0.39 is 6.04 Å². The van der Waals surface area contributed by atoms with Crippen LogP contribution in [0.1, 0.15) is 30.9 Å². The van der Waals surface area contributed by atoms with E-state index in [0.717, 1.165) is 35.4 Å². The predicted molar refractivity (Wildman–Crippen MR) is 116 cm³/mol. The minimum absolute atomic E-state index is 0.0915. The van der Waals surface area contributed by atoms with Gasteiger partial charge in [-0.2, -0.15) is 4.98 Å². The minimum atomic E-state index is -0.484. The molecule has 0 radical (unpaired) electrons. The van der Waals surface area contributed by atoms with E-state index >= 15 is 0 Å². The number of halogens is 2. The first-order valence-electron chi connectivity index (χ1n) is 9.65. The summed E-state index contributed by atoms with van der Waals surface area (Å²) in [5, 5.41) is 8.93. The molecule has 0 fully saturated rings. The van der Waals surface area contributed by atoms with Crippen molar-refractivity contribution in [2.45, 2.75) is 25.3 Å². The molecule has 8 heteroatoms. The number of anilines is 1. The van der Waals surface area contributed by atoms with Gasteiger partial charge in [-0.3, -0.25) is 4.79 Å². The number of ketones is 1. The van der Waals surface area contributed by atoms with Crippen molar-refractivity contribution in [2.24, 2.45) is 0 Å². The van der Waals surface area contributed by atoms with Crippen molar-refractivity contribution < 1.29 is 9.53 Å². The molecule has 6 nitrogen and oxygen atoms in total. The molecule has 1 aliphatic heterocycles. The molecule has 30 heavy (non-hydrogen) atoms. The van der Waals surface area contributed by atoms with Gasteiger partial charge in [0.1, 0.15) is 11.8 Å². The van der Waals surface area contributed by atoms with Crippen LogP contribution in [0.5, 0.6) is 5.75 Å². The molecule has 1 aliphatic carbocycles. The van der Waals surface area contributed by atoms with Gasteiger partial charge in [-0.25, -0.2) is 4.68 Å². The molecule has 1 unspecified atom stereocenters. The van der Waals surface area contributed by atoms with Crippen molar-refractivity contribution in [1.29, 1.82) is 0 Å². The van der Waals surface area contributed by atoms with Gasteiger partial charge >= 0.3 is 0 Å². The first-order valence-corrected chi connectivity index (χ1v) is 10.4. The molecule has 0 amide bonds. The summed E-state index contributed by atoms with van der Waals surface area (Å²) in [5.74, 6) is 1.92. The van der Waals surface area contributed by atoms with E-state index in [1.807, 2.05) is 36.4 Å². The Bertz CT molecular complexity index is 1200.